The van der Waals surface area contributed by atoms with Crippen molar-refractivity contribution in [3.8, 4) is 22.5 Å². The number of rotatable bonds is 4. The predicted octanol–water partition coefficient (Wildman–Crippen LogP) is 2.98. The zero-order valence-corrected chi connectivity index (χ0v) is 13.0. The Labute approximate surface area is 140 Å². The second kappa shape index (κ2) is 6.34. The number of aromatic nitrogens is 1. The summed E-state index contributed by atoms with van der Waals surface area (Å²) in [7, 11) is 0. The molecule has 0 bridgehead atoms. The van der Waals surface area contributed by atoms with Gasteiger partial charge in [0.15, 0.2) is 0 Å². The van der Waals surface area contributed by atoms with E-state index in [-0.39, 0.29) is 11.7 Å². The Hall–Kier alpha value is -3.47. The first kappa shape index (κ1) is 15.4. The van der Waals surface area contributed by atoms with E-state index in [4.69, 9.17) is 27.3 Å². The lowest BCUT2D eigenvalue weighted by Crippen LogP contribution is -2.10. The van der Waals surface area contributed by atoms with Crippen LogP contribution in [0.3, 0.4) is 0 Å². The minimum atomic E-state index is 0.0498. The van der Waals surface area contributed by atoms with Crippen molar-refractivity contribution in [1.29, 1.82) is 10.8 Å². The topological polar surface area (TPSA) is 113 Å². The van der Waals surface area contributed by atoms with Crippen molar-refractivity contribution in [2.45, 2.75) is 0 Å². The minimum Gasteiger partial charge on any atom is -0.384 e. The number of hydrogen-bond acceptors (Lipinski definition) is 3. The van der Waals surface area contributed by atoms with E-state index >= 15 is 0 Å². The third-order valence-electron chi connectivity index (χ3n) is 3.73. The first-order valence-electron chi connectivity index (χ1n) is 7.41. The summed E-state index contributed by atoms with van der Waals surface area (Å²) in [6.45, 7) is 0. The van der Waals surface area contributed by atoms with Gasteiger partial charge in [0.25, 0.3) is 0 Å². The van der Waals surface area contributed by atoms with Gasteiger partial charge in [-0.2, -0.15) is 0 Å². The summed E-state index contributed by atoms with van der Waals surface area (Å²) in [6.07, 6.45) is 0. The number of nitrogens with two attached hydrogens (primary N) is 2. The van der Waals surface area contributed by atoms with Gasteiger partial charge < -0.3 is 11.5 Å². The molecule has 0 aliphatic heterocycles. The minimum absolute atomic E-state index is 0.0498. The molecule has 3 aromatic rings. The van der Waals surface area contributed by atoms with Crippen molar-refractivity contribution in [2.75, 3.05) is 0 Å². The summed E-state index contributed by atoms with van der Waals surface area (Å²) in [5.41, 5.74) is 16.0. The molecule has 0 saturated carbocycles. The highest BCUT2D eigenvalue weighted by atomic mass is 14.7. The van der Waals surface area contributed by atoms with Gasteiger partial charge in [0.1, 0.15) is 11.7 Å². The Morgan fingerprint density at radius 2 is 1.00 bits per heavy atom. The highest BCUT2D eigenvalue weighted by Crippen LogP contribution is 2.23. The van der Waals surface area contributed by atoms with Crippen LogP contribution in [0.15, 0.2) is 66.7 Å². The van der Waals surface area contributed by atoms with Gasteiger partial charge in [0.2, 0.25) is 0 Å². The molecule has 0 fully saturated rings. The second-order valence-electron chi connectivity index (χ2n) is 5.39. The van der Waals surface area contributed by atoms with E-state index in [0.29, 0.717) is 11.1 Å². The van der Waals surface area contributed by atoms with Gasteiger partial charge in [0.05, 0.1) is 11.4 Å². The van der Waals surface area contributed by atoms with Crippen LogP contribution in [-0.2, 0) is 0 Å². The number of pyridine rings is 1. The second-order valence-corrected chi connectivity index (χ2v) is 5.39. The van der Waals surface area contributed by atoms with Gasteiger partial charge in [-0.15, -0.1) is 0 Å². The van der Waals surface area contributed by atoms with E-state index < -0.39 is 0 Å². The molecular weight excluding hydrogens is 298 g/mol. The quantitative estimate of drug-likeness (QED) is 0.438. The average molecular weight is 315 g/mol. The maximum atomic E-state index is 7.44. The number of nitrogens with one attached hydrogen (secondary N) is 2. The largest absolute Gasteiger partial charge is 0.384 e. The van der Waals surface area contributed by atoms with Gasteiger partial charge >= 0.3 is 0 Å². The van der Waals surface area contributed by atoms with Crippen LogP contribution in [-0.4, -0.2) is 16.7 Å². The molecule has 0 radical (unpaired) electrons. The van der Waals surface area contributed by atoms with Crippen LogP contribution in [0.2, 0.25) is 0 Å². The number of benzene rings is 2. The molecule has 0 unspecified atom stereocenters. The van der Waals surface area contributed by atoms with Gasteiger partial charge in [-0.1, -0.05) is 54.6 Å². The fraction of sp³-hybridized carbons (Fsp3) is 0. The van der Waals surface area contributed by atoms with Crippen LogP contribution in [0.25, 0.3) is 22.5 Å². The zero-order chi connectivity index (χ0) is 17.1. The van der Waals surface area contributed by atoms with E-state index in [1.807, 2.05) is 66.7 Å². The molecule has 0 amide bonds. The third-order valence-corrected chi connectivity index (χ3v) is 3.73. The predicted molar refractivity (Wildman–Crippen MR) is 97.1 cm³/mol. The molecule has 0 saturated heterocycles. The van der Waals surface area contributed by atoms with Gasteiger partial charge in [-0.3, -0.25) is 10.8 Å². The Morgan fingerprint density at radius 3 is 1.33 bits per heavy atom. The number of amidine groups is 2. The van der Waals surface area contributed by atoms with Gasteiger partial charge in [-0.05, 0) is 12.1 Å². The SMILES string of the molecule is N=C(N)c1ccc(-c2cccc(-c3ccc(C(=N)N)cc3)n2)cc1. The molecule has 6 N–H and O–H groups in total. The molecule has 118 valence electrons. The molecule has 5 heteroatoms. The lowest BCUT2D eigenvalue weighted by atomic mass is 10.1. The van der Waals surface area contributed by atoms with E-state index in [1.165, 1.54) is 0 Å². The number of nitrogens with zero attached hydrogens (tertiary/aromatic N) is 1. The van der Waals surface area contributed by atoms with Crippen molar-refractivity contribution in [3.05, 3.63) is 77.9 Å². The maximum Gasteiger partial charge on any atom is 0.122 e. The molecule has 24 heavy (non-hydrogen) atoms. The zero-order valence-electron chi connectivity index (χ0n) is 13.0. The smallest absolute Gasteiger partial charge is 0.122 e. The van der Waals surface area contributed by atoms with Crippen LogP contribution in [0.4, 0.5) is 0 Å². The molecule has 2 aromatic carbocycles. The standard InChI is InChI=1S/C19H17N5/c20-18(21)14-8-4-12(5-9-14)16-2-1-3-17(24-16)13-6-10-15(11-7-13)19(22)23/h1-11H,(H3,20,21)(H3,22,23). The summed E-state index contributed by atoms with van der Waals surface area (Å²) in [5.74, 6) is 0.0997. The first-order valence-corrected chi connectivity index (χ1v) is 7.41. The van der Waals surface area contributed by atoms with Crippen LogP contribution in [0.1, 0.15) is 11.1 Å². The maximum absolute atomic E-state index is 7.44. The summed E-state index contributed by atoms with van der Waals surface area (Å²) >= 11 is 0. The summed E-state index contributed by atoms with van der Waals surface area (Å²) in [4.78, 5) is 4.69. The molecule has 0 atom stereocenters. The van der Waals surface area contributed by atoms with Crippen molar-refractivity contribution in [2.24, 2.45) is 11.5 Å². The van der Waals surface area contributed by atoms with Crippen molar-refractivity contribution in [1.82, 2.24) is 4.98 Å². The first-order chi connectivity index (χ1) is 11.5. The monoisotopic (exact) mass is 315 g/mol. The Morgan fingerprint density at radius 1 is 0.625 bits per heavy atom. The normalized spacial score (nSPS) is 10.3. The highest BCUT2D eigenvalue weighted by molar-refractivity contribution is 5.95. The van der Waals surface area contributed by atoms with Crippen molar-refractivity contribution >= 4 is 11.7 Å². The molecule has 0 aliphatic carbocycles. The Kier molecular flexibility index (Phi) is 4.07. The molecular formula is C19H17N5. The molecule has 0 aliphatic rings. The van der Waals surface area contributed by atoms with Crippen molar-refractivity contribution < 1.29 is 0 Å². The fourth-order valence-electron chi connectivity index (χ4n) is 2.40. The summed E-state index contributed by atoms with van der Waals surface area (Å²) in [6, 6.07) is 20.7. The molecule has 3 rings (SSSR count). The highest BCUT2D eigenvalue weighted by Gasteiger charge is 2.05. The number of nitrogen functional groups attached to an aromatic ring is 2. The van der Waals surface area contributed by atoms with E-state index in [9.17, 15) is 0 Å². The van der Waals surface area contributed by atoms with Crippen LogP contribution < -0.4 is 11.5 Å². The van der Waals surface area contributed by atoms with Gasteiger partial charge in [0, 0.05) is 22.3 Å². The third kappa shape index (κ3) is 3.15. The summed E-state index contributed by atoms with van der Waals surface area (Å²) in [5, 5.41) is 14.9. The number of hydrogen-bond donors (Lipinski definition) is 4. The molecule has 5 nitrogen and oxygen atoms in total. The lowest BCUT2D eigenvalue weighted by Gasteiger charge is -2.07. The van der Waals surface area contributed by atoms with Crippen LogP contribution >= 0.6 is 0 Å². The van der Waals surface area contributed by atoms with Crippen LogP contribution in [0.5, 0.6) is 0 Å². The van der Waals surface area contributed by atoms with E-state index in [0.717, 1.165) is 22.5 Å². The Balaban J connectivity index is 1.94. The van der Waals surface area contributed by atoms with Crippen molar-refractivity contribution in [3.63, 3.8) is 0 Å². The molecule has 1 heterocycles. The Bertz CT molecular complexity index is 823. The van der Waals surface area contributed by atoms with Crippen LogP contribution in [0, 0.1) is 10.8 Å². The average Bonchev–Trinajstić information content (AvgIpc) is 2.62. The molecule has 0 spiro atoms. The summed E-state index contributed by atoms with van der Waals surface area (Å²) < 4.78 is 0. The van der Waals surface area contributed by atoms with Gasteiger partial charge in [-0.25, -0.2) is 4.98 Å². The fourth-order valence-corrected chi connectivity index (χ4v) is 2.40. The van der Waals surface area contributed by atoms with E-state index in [1.54, 1.807) is 0 Å². The molecule has 1 aromatic heterocycles. The lowest BCUT2D eigenvalue weighted by molar-refractivity contribution is 1.32. The van der Waals surface area contributed by atoms with E-state index in [2.05, 4.69) is 0 Å².